The van der Waals surface area contributed by atoms with Crippen molar-refractivity contribution < 1.29 is 8.42 Å². The zero-order valence-electron chi connectivity index (χ0n) is 14.0. The smallest absolute Gasteiger partial charge is 0.261 e. The number of rotatable bonds is 5. The van der Waals surface area contributed by atoms with E-state index < -0.39 is 10.0 Å². The second-order valence-corrected chi connectivity index (χ2v) is 8.13. The summed E-state index contributed by atoms with van der Waals surface area (Å²) in [7, 11) is -3.53. The number of hydrogen-bond donors (Lipinski definition) is 1. The molecule has 1 heterocycles. The highest BCUT2D eigenvalue weighted by molar-refractivity contribution is 7.92. The van der Waals surface area contributed by atoms with Gasteiger partial charge in [0.25, 0.3) is 10.0 Å². The van der Waals surface area contributed by atoms with Gasteiger partial charge in [0.2, 0.25) is 0 Å². The zero-order chi connectivity index (χ0) is 17.0. The summed E-state index contributed by atoms with van der Waals surface area (Å²) in [6, 6.07) is 14.5. The molecular formula is C19H24N2O2S. The Kier molecular flexibility index (Phi) is 5.21. The summed E-state index contributed by atoms with van der Waals surface area (Å²) in [6.45, 7) is 5.18. The molecule has 1 N–H and O–H groups in total. The summed E-state index contributed by atoms with van der Waals surface area (Å²) in [5.74, 6) is 0. The van der Waals surface area contributed by atoms with Crippen LogP contribution in [-0.4, -0.2) is 26.4 Å². The van der Waals surface area contributed by atoms with E-state index in [2.05, 4.69) is 9.62 Å². The molecule has 0 unspecified atom stereocenters. The lowest BCUT2D eigenvalue weighted by molar-refractivity contribution is 0.221. The summed E-state index contributed by atoms with van der Waals surface area (Å²) >= 11 is 0. The van der Waals surface area contributed by atoms with E-state index >= 15 is 0 Å². The molecular weight excluding hydrogens is 320 g/mol. The molecule has 1 aliphatic rings. The highest BCUT2D eigenvalue weighted by Crippen LogP contribution is 2.19. The lowest BCUT2D eigenvalue weighted by Gasteiger charge is -2.26. The Hall–Kier alpha value is -1.85. The molecule has 1 fully saturated rings. The summed E-state index contributed by atoms with van der Waals surface area (Å²) in [5.41, 5.74) is 2.85. The molecule has 0 atom stereocenters. The van der Waals surface area contributed by atoms with E-state index in [1.54, 1.807) is 24.3 Å². The molecule has 128 valence electrons. The van der Waals surface area contributed by atoms with Crippen LogP contribution in [0.5, 0.6) is 0 Å². The van der Waals surface area contributed by atoms with E-state index in [-0.39, 0.29) is 4.90 Å². The van der Waals surface area contributed by atoms with E-state index in [1.807, 2.05) is 31.2 Å². The van der Waals surface area contributed by atoms with Gasteiger partial charge in [-0.15, -0.1) is 0 Å². The third-order valence-corrected chi connectivity index (χ3v) is 5.79. The van der Waals surface area contributed by atoms with E-state index in [0.29, 0.717) is 5.69 Å². The van der Waals surface area contributed by atoms with E-state index in [0.717, 1.165) is 25.2 Å². The Labute approximate surface area is 144 Å². The molecule has 0 amide bonds. The van der Waals surface area contributed by atoms with Crippen molar-refractivity contribution in [3.8, 4) is 0 Å². The topological polar surface area (TPSA) is 49.4 Å². The first kappa shape index (κ1) is 17.0. The van der Waals surface area contributed by atoms with Gasteiger partial charge in [0, 0.05) is 12.2 Å². The van der Waals surface area contributed by atoms with Crippen LogP contribution in [0.3, 0.4) is 0 Å². The maximum absolute atomic E-state index is 12.4. The summed E-state index contributed by atoms with van der Waals surface area (Å²) < 4.78 is 27.4. The Morgan fingerprint density at radius 2 is 1.54 bits per heavy atom. The van der Waals surface area contributed by atoms with E-state index in [4.69, 9.17) is 0 Å². The molecule has 0 bridgehead atoms. The van der Waals surface area contributed by atoms with Gasteiger partial charge in [0.1, 0.15) is 0 Å². The number of anilines is 1. The molecule has 2 aromatic rings. The van der Waals surface area contributed by atoms with Crippen LogP contribution in [0.2, 0.25) is 0 Å². The standard InChI is InChI=1S/C19H24N2O2S/c1-16-5-11-19(12-6-16)24(22,23)20-18-9-7-17(8-10-18)15-21-13-3-2-4-14-21/h5-12,20H,2-4,13-15H2,1H3. The first-order valence-corrected chi connectivity index (χ1v) is 9.92. The molecule has 0 radical (unpaired) electrons. The number of sulfonamides is 1. The minimum Gasteiger partial charge on any atom is -0.299 e. The number of benzene rings is 2. The van der Waals surface area contributed by atoms with Crippen molar-refractivity contribution in [1.29, 1.82) is 0 Å². The Balaban J connectivity index is 1.66. The molecule has 0 aliphatic carbocycles. The first-order valence-electron chi connectivity index (χ1n) is 8.44. The zero-order valence-corrected chi connectivity index (χ0v) is 14.8. The second kappa shape index (κ2) is 7.36. The average molecular weight is 344 g/mol. The van der Waals surface area contributed by atoms with Gasteiger partial charge in [0.05, 0.1) is 4.90 Å². The van der Waals surface area contributed by atoms with Crippen molar-refractivity contribution in [2.45, 2.75) is 37.6 Å². The molecule has 24 heavy (non-hydrogen) atoms. The predicted octanol–water partition coefficient (Wildman–Crippen LogP) is 3.78. The monoisotopic (exact) mass is 344 g/mol. The van der Waals surface area contributed by atoms with Gasteiger partial charge in [-0.1, -0.05) is 36.2 Å². The molecule has 5 heteroatoms. The largest absolute Gasteiger partial charge is 0.299 e. The number of hydrogen-bond acceptors (Lipinski definition) is 3. The fourth-order valence-electron chi connectivity index (χ4n) is 2.99. The van der Waals surface area contributed by atoms with Crippen molar-refractivity contribution in [2.75, 3.05) is 17.8 Å². The van der Waals surface area contributed by atoms with Gasteiger partial charge in [-0.3, -0.25) is 9.62 Å². The highest BCUT2D eigenvalue weighted by Gasteiger charge is 2.14. The Morgan fingerprint density at radius 3 is 2.17 bits per heavy atom. The van der Waals surface area contributed by atoms with Crippen LogP contribution in [0.4, 0.5) is 5.69 Å². The summed E-state index contributed by atoms with van der Waals surface area (Å²) in [6.07, 6.45) is 3.87. The number of likely N-dealkylation sites (tertiary alicyclic amines) is 1. The second-order valence-electron chi connectivity index (χ2n) is 6.45. The summed E-state index contributed by atoms with van der Waals surface area (Å²) in [4.78, 5) is 2.74. The van der Waals surface area contributed by atoms with Crippen molar-refractivity contribution >= 4 is 15.7 Å². The number of nitrogens with zero attached hydrogens (tertiary/aromatic N) is 1. The molecule has 2 aromatic carbocycles. The molecule has 0 spiro atoms. The Bertz CT molecular complexity index is 762. The van der Waals surface area contributed by atoms with Crippen molar-refractivity contribution in [2.24, 2.45) is 0 Å². The number of piperidine rings is 1. The number of nitrogens with one attached hydrogen (secondary N) is 1. The van der Waals surface area contributed by atoms with Crippen molar-refractivity contribution in [3.05, 3.63) is 59.7 Å². The van der Waals surface area contributed by atoms with Crippen LogP contribution >= 0.6 is 0 Å². The lowest BCUT2D eigenvalue weighted by atomic mass is 10.1. The van der Waals surface area contributed by atoms with Gasteiger partial charge in [0.15, 0.2) is 0 Å². The third kappa shape index (κ3) is 4.36. The van der Waals surface area contributed by atoms with Gasteiger partial charge in [-0.05, 0) is 62.7 Å². The van der Waals surface area contributed by atoms with E-state index in [1.165, 1.54) is 24.8 Å². The fraction of sp³-hybridized carbons (Fsp3) is 0.368. The van der Waals surface area contributed by atoms with Crippen LogP contribution in [0, 0.1) is 6.92 Å². The number of aryl methyl sites for hydroxylation is 1. The maximum Gasteiger partial charge on any atom is 0.261 e. The van der Waals surface area contributed by atoms with Gasteiger partial charge >= 0.3 is 0 Å². The molecule has 1 aliphatic heterocycles. The molecule has 0 aromatic heterocycles. The van der Waals surface area contributed by atoms with Crippen molar-refractivity contribution in [3.63, 3.8) is 0 Å². The quantitative estimate of drug-likeness (QED) is 0.898. The van der Waals surface area contributed by atoms with Gasteiger partial charge < -0.3 is 0 Å². The highest BCUT2D eigenvalue weighted by atomic mass is 32.2. The summed E-state index contributed by atoms with van der Waals surface area (Å²) in [5, 5.41) is 0. The molecule has 4 nitrogen and oxygen atoms in total. The maximum atomic E-state index is 12.4. The fourth-order valence-corrected chi connectivity index (χ4v) is 4.04. The predicted molar refractivity (Wildman–Crippen MR) is 97.6 cm³/mol. The average Bonchev–Trinajstić information content (AvgIpc) is 2.58. The molecule has 3 rings (SSSR count). The minimum absolute atomic E-state index is 0.283. The van der Waals surface area contributed by atoms with Gasteiger partial charge in [-0.2, -0.15) is 0 Å². The Morgan fingerprint density at radius 1 is 0.917 bits per heavy atom. The van der Waals surface area contributed by atoms with Crippen molar-refractivity contribution in [1.82, 2.24) is 4.90 Å². The minimum atomic E-state index is -3.53. The van der Waals surface area contributed by atoms with Crippen LogP contribution in [0.15, 0.2) is 53.4 Å². The molecule has 1 saturated heterocycles. The lowest BCUT2D eigenvalue weighted by Crippen LogP contribution is -2.29. The van der Waals surface area contributed by atoms with E-state index in [9.17, 15) is 8.42 Å². The first-order chi connectivity index (χ1) is 11.5. The van der Waals surface area contributed by atoms with Crippen LogP contribution in [0.25, 0.3) is 0 Å². The van der Waals surface area contributed by atoms with Gasteiger partial charge in [-0.25, -0.2) is 8.42 Å². The van der Waals surface area contributed by atoms with Crippen LogP contribution in [-0.2, 0) is 16.6 Å². The van der Waals surface area contributed by atoms with Crippen LogP contribution < -0.4 is 4.72 Å². The SMILES string of the molecule is Cc1ccc(S(=O)(=O)Nc2ccc(CN3CCCCC3)cc2)cc1. The molecule has 0 saturated carbocycles. The van der Waals surface area contributed by atoms with Crippen LogP contribution in [0.1, 0.15) is 30.4 Å². The third-order valence-electron chi connectivity index (χ3n) is 4.39. The normalized spacial score (nSPS) is 16.0.